The molecule has 0 radical (unpaired) electrons. The maximum Gasteiger partial charge on any atom is 0.344 e. The number of primary amides is 1. The molecule has 0 aliphatic heterocycles. The van der Waals surface area contributed by atoms with Crippen LogP contribution in [0.3, 0.4) is 0 Å². The Balaban J connectivity index is 2.32. The highest BCUT2D eigenvalue weighted by atomic mass is 32.2. The number of benzene rings is 1. The second-order valence-electron chi connectivity index (χ2n) is 4.02. The zero-order valence-electron chi connectivity index (χ0n) is 10.7. The van der Waals surface area contributed by atoms with E-state index in [0.29, 0.717) is 11.7 Å². The molecule has 20 heavy (non-hydrogen) atoms. The maximum atomic E-state index is 11.6. The van der Waals surface area contributed by atoms with Crippen LogP contribution in [0.25, 0.3) is 0 Å². The molecule has 7 heteroatoms. The number of H-pyrrole nitrogens is 1. The van der Waals surface area contributed by atoms with Gasteiger partial charge in [0.15, 0.2) is 5.16 Å². The molecule has 1 amide bonds. The summed E-state index contributed by atoms with van der Waals surface area (Å²) in [6, 6.07) is 9.13. The fraction of sp³-hybridized carbons (Fsp3) is 0.154. The molecule has 1 heterocycles. The molecule has 0 saturated heterocycles. The topological polar surface area (TPSA) is 93.8 Å². The Kier molecular flexibility index (Phi) is 4.41. The molecule has 0 spiro atoms. The standard InChI is InChI=1S/C13H14N4O2S/c1-2-8-17-12(19)15-16-13(17)20-10(11(14)18)9-6-4-3-5-7-9/h2-7,10H,1,8H2,(H2,14,18)(H,15,19). The van der Waals surface area contributed by atoms with Gasteiger partial charge in [0.05, 0.1) is 0 Å². The third-order valence-corrected chi connectivity index (χ3v) is 3.88. The van der Waals surface area contributed by atoms with Crippen LogP contribution in [-0.2, 0) is 11.3 Å². The van der Waals surface area contributed by atoms with Crippen LogP contribution < -0.4 is 11.4 Å². The first-order valence-corrected chi connectivity index (χ1v) is 6.78. The van der Waals surface area contributed by atoms with E-state index in [2.05, 4.69) is 16.8 Å². The predicted octanol–water partition coefficient (Wildman–Crippen LogP) is 1.08. The number of hydrogen-bond acceptors (Lipinski definition) is 4. The van der Waals surface area contributed by atoms with Crippen LogP contribution >= 0.6 is 11.8 Å². The minimum atomic E-state index is -0.602. The van der Waals surface area contributed by atoms with Crippen molar-refractivity contribution in [1.82, 2.24) is 14.8 Å². The van der Waals surface area contributed by atoms with Crippen molar-refractivity contribution in [2.75, 3.05) is 0 Å². The van der Waals surface area contributed by atoms with Gasteiger partial charge in [-0.3, -0.25) is 9.36 Å². The van der Waals surface area contributed by atoms with E-state index in [1.807, 2.05) is 30.3 Å². The summed E-state index contributed by atoms with van der Waals surface area (Å²) in [7, 11) is 0. The molecule has 0 fully saturated rings. The molecule has 1 atom stereocenters. The number of aromatic nitrogens is 3. The number of nitrogens with two attached hydrogens (primary N) is 1. The molecule has 2 aromatic rings. The van der Waals surface area contributed by atoms with Crippen LogP contribution in [0.2, 0.25) is 0 Å². The minimum absolute atomic E-state index is 0.317. The normalized spacial score (nSPS) is 12.0. The van der Waals surface area contributed by atoms with Gasteiger partial charge in [0.2, 0.25) is 5.91 Å². The van der Waals surface area contributed by atoms with Crippen LogP contribution in [-0.4, -0.2) is 20.7 Å². The van der Waals surface area contributed by atoms with Crippen molar-refractivity contribution in [2.45, 2.75) is 17.0 Å². The Hall–Kier alpha value is -2.28. The molecule has 0 aliphatic carbocycles. The molecule has 6 nitrogen and oxygen atoms in total. The lowest BCUT2D eigenvalue weighted by Gasteiger charge is -2.12. The van der Waals surface area contributed by atoms with E-state index in [1.54, 1.807) is 6.08 Å². The summed E-state index contributed by atoms with van der Waals surface area (Å²) in [6.45, 7) is 3.91. The van der Waals surface area contributed by atoms with Gasteiger partial charge in [-0.15, -0.1) is 11.7 Å². The Bertz CT molecular complexity index is 663. The Morgan fingerprint density at radius 2 is 2.20 bits per heavy atom. The van der Waals surface area contributed by atoms with Gasteiger partial charge in [-0.05, 0) is 5.56 Å². The minimum Gasteiger partial charge on any atom is -0.368 e. The molecule has 104 valence electrons. The average Bonchev–Trinajstić information content (AvgIpc) is 2.78. The maximum absolute atomic E-state index is 11.6. The first-order valence-electron chi connectivity index (χ1n) is 5.90. The highest BCUT2D eigenvalue weighted by Gasteiger charge is 2.22. The van der Waals surface area contributed by atoms with Crippen molar-refractivity contribution < 1.29 is 4.79 Å². The summed E-state index contributed by atoms with van der Waals surface area (Å²) in [5.74, 6) is -0.484. The third kappa shape index (κ3) is 3.00. The van der Waals surface area contributed by atoms with Crippen LogP contribution in [0.4, 0.5) is 0 Å². The van der Waals surface area contributed by atoms with Gasteiger partial charge in [0, 0.05) is 6.54 Å². The molecule has 0 saturated carbocycles. The second-order valence-corrected chi connectivity index (χ2v) is 5.09. The number of rotatable bonds is 6. The van der Waals surface area contributed by atoms with Gasteiger partial charge in [-0.1, -0.05) is 48.2 Å². The lowest BCUT2D eigenvalue weighted by atomic mass is 10.1. The van der Waals surface area contributed by atoms with Crippen molar-refractivity contribution in [3.05, 3.63) is 59.0 Å². The fourth-order valence-corrected chi connectivity index (χ4v) is 2.71. The SMILES string of the molecule is C=CCn1c(SC(C(N)=O)c2ccccc2)n[nH]c1=O. The van der Waals surface area contributed by atoms with E-state index >= 15 is 0 Å². The molecule has 1 aromatic carbocycles. The Labute approximate surface area is 119 Å². The summed E-state index contributed by atoms with van der Waals surface area (Å²) in [4.78, 5) is 23.2. The summed E-state index contributed by atoms with van der Waals surface area (Å²) in [5.41, 5.74) is 5.87. The summed E-state index contributed by atoms with van der Waals surface area (Å²) < 4.78 is 1.40. The molecule has 2 rings (SSSR count). The highest BCUT2D eigenvalue weighted by Crippen LogP contribution is 2.33. The van der Waals surface area contributed by atoms with Crippen LogP contribution in [0.15, 0.2) is 52.9 Å². The number of amides is 1. The average molecular weight is 290 g/mol. The number of hydrogen-bond donors (Lipinski definition) is 2. The zero-order chi connectivity index (χ0) is 14.5. The fourth-order valence-electron chi connectivity index (χ4n) is 1.71. The number of carbonyl (C=O) groups is 1. The van der Waals surface area contributed by atoms with Gasteiger partial charge in [0.25, 0.3) is 0 Å². The quantitative estimate of drug-likeness (QED) is 0.615. The van der Waals surface area contributed by atoms with E-state index in [0.717, 1.165) is 17.3 Å². The van der Waals surface area contributed by atoms with Gasteiger partial charge in [-0.25, -0.2) is 9.89 Å². The number of allylic oxidation sites excluding steroid dienone is 1. The van der Waals surface area contributed by atoms with Gasteiger partial charge < -0.3 is 5.73 Å². The first kappa shape index (κ1) is 14.1. The first-order chi connectivity index (χ1) is 9.63. The largest absolute Gasteiger partial charge is 0.368 e. The summed E-state index contributed by atoms with van der Waals surface area (Å²) in [6.07, 6.45) is 1.59. The summed E-state index contributed by atoms with van der Waals surface area (Å²) >= 11 is 1.14. The molecule has 3 N–H and O–H groups in total. The number of nitrogens with one attached hydrogen (secondary N) is 1. The zero-order valence-corrected chi connectivity index (χ0v) is 11.5. The van der Waals surface area contributed by atoms with E-state index in [4.69, 9.17) is 5.73 Å². The molecule has 1 unspecified atom stereocenters. The van der Waals surface area contributed by atoms with Gasteiger partial charge >= 0.3 is 5.69 Å². The van der Waals surface area contributed by atoms with Crippen LogP contribution in [0.1, 0.15) is 10.8 Å². The highest BCUT2D eigenvalue weighted by molar-refractivity contribution is 8.00. The molecule has 0 bridgehead atoms. The Morgan fingerprint density at radius 1 is 1.50 bits per heavy atom. The van der Waals surface area contributed by atoms with Crippen molar-refractivity contribution in [3.8, 4) is 0 Å². The lowest BCUT2D eigenvalue weighted by molar-refractivity contribution is -0.117. The summed E-state index contributed by atoms with van der Waals surface area (Å²) in [5, 5.41) is 6.07. The molecule has 1 aromatic heterocycles. The smallest absolute Gasteiger partial charge is 0.344 e. The Morgan fingerprint density at radius 3 is 2.80 bits per heavy atom. The van der Waals surface area contributed by atoms with Crippen molar-refractivity contribution in [2.24, 2.45) is 5.73 Å². The second kappa shape index (κ2) is 6.25. The monoisotopic (exact) mass is 290 g/mol. The van der Waals surface area contributed by atoms with Crippen LogP contribution in [0.5, 0.6) is 0 Å². The molecular weight excluding hydrogens is 276 g/mol. The van der Waals surface area contributed by atoms with E-state index in [1.165, 1.54) is 4.57 Å². The molecule has 0 aliphatic rings. The van der Waals surface area contributed by atoms with Crippen molar-refractivity contribution >= 4 is 17.7 Å². The number of thioether (sulfide) groups is 1. The third-order valence-electron chi connectivity index (χ3n) is 2.62. The lowest BCUT2D eigenvalue weighted by Crippen LogP contribution is -2.21. The predicted molar refractivity (Wildman–Crippen MR) is 77.3 cm³/mol. The van der Waals surface area contributed by atoms with E-state index in [9.17, 15) is 9.59 Å². The van der Waals surface area contributed by atoms with Crippen molar-refractivity contribution in [3.63, 3.8) is 0 Å². The van der Waals surface area contributed by atoms with Gasteiger partial charge in [0.1, 0.15) is 5.25 Å². The molecular formula is C13H14N4O2S. The van der Waals surface area contributed by atoms with Crippen molar-refractivity contribution in [1.29, 1.82) is 0 Å². The van der Waals surface area contributed by atoms with E-state index in [-0.39, 0.29) is 5.69 Å². The number of carbonyl (C=O) groups excluding carboxylic acids is 1. The van der Waals surface area contributed by atoms with E-state index < -0.39 is 11.2 Å². The number of nitrogens with zero attached hydrogens (tertiary/aromatic N) is 2. The number of aromatic amines is 1. The van der Waals surface area contributed by atoms with Crippen LogP contribution in [0, 0.1) is 0 Å². The van der Waals surface area contributed by atoms with Gasteiger partial charge in [-0.2, -0.15) is 0 Å².